The molecule has 4 aliphatic rings. The fraction of sp³-hybridized carbons (Fsp3) is 0.893. The van der Waals surface area contributed by atoms with E-state index in [0.29, 0.717) is 34.4 Å². The Morgan fingerprint density at radius 1 is 1.10 bits per heavy atom. The van der Waals surface area contributed by atoms with Crippen LogP contribution in [-0.2, 0) is 9.53 Å². The van der Waals surface area contributed by atoms with Crippen LogP contribution in [-0.4, -0.2) is 28.7 Å². The van der Waals surface area contributed by atoms with Crippen molar-refractivity contribution in [3.05, 3.63) is 11.6 Å². The van der Waals surface area contributed by atoms with Crippen LogP contribution in [0.5, 0.6) is 0 Å². The van der Waals surface area contributed by atoms with Gasteiger partial charge in [0.15, 0.2) is 0 Å². The zero-order valence-electron chi connectivity index (χ0n) is 20.9. The Morgan fingerprint density at radius 2 is 1.81 bits per heavy atom. The highest BCUT2D eigenvalue weighted by Crippen LogP contribution is 2.68. The first-order chi connectivity index (χ1) is 14.5. The van der Waals surface area contributed by atoms with Crippen LogP contribution in [0.25, 0.3) is 0 Å². The second-order valence-electron chi connectivity index (χ2n) is 12.6. The van der Waals surface area contributed by atoms with E-state index in [1.807, 2.05) is 6.92 Å². The van der Waals surface area contributed by atoms with E-state index in [1.54, 1.807) is 0 Å². The quantitative estimate of drug-likeness (QED) is 0.508. The largest absolute Gasteiger partial charge is 0.387 e. The molecule has 1 saturated heterocycles. The Labute approximate surface area is 190 Å². The lowest BCUT2D eigenvalue weighted by Crippen LogP contribution is -2.54. The summed E-state index contributed by atoms with van der Waals surface area (Å²) in [5, 5.41) is 11.1. The summed E-state index contributed by atoms with van der Waals surface area (Å²) in [6.07, 6.45) is 13.1. The van der Waals surface area contributed by atoms with Crippen molar-refractivity contribution < 1.29 is 14.6 Å². The van der Waals surface area contributed by atoms with Crippen molar-refractivity contribution >= 4 is 5.78 Å². The van der Waals surface area contributed by atoms with Crippen LogP contribution in [0.3, 0.4) is 0 Å². The van der Waals surface area contributed by atoms with Gasteiger partial charge >= 0.3 is 0 Å². The van der Waals surface area contributed by atoms with E-state index in [4.69, 9.17) is 4.74 Å². The van der Waals surface area contributed by atoms with Gasteiger partial charge in [0.1, 0.15) is 5.78 Å². The van der Waals surface area contributed by atoms with E-state index < -0.39 is 5.60 Å². The predicted octanol–water partition coefficient (Wildman–Crippen LogP) is 6.48. The average molecular weight is 431 g/mol. The number of hydrogen-bond acceptors (Lipinski definition) is 3. The summed E-state index contributed by atoms with van der Waals surface area (Å²) in [5.74, 6) is 2.61. The molecule has 3 heteroatoms. The van der Waals surface area contributed by atoms with Crippen LogP contribution in [0.15, 0.2) is 11.6 Å². The van der Waals surface area contributed by atoms with E-state index >= 15 is 0 Å². The molecular weight excluding hydrogens is 384 g/mol. The third-order valence-corrected chi connectivity index (χ3v) is 10.5. The van der Waals surface area contributed by atoms with Crippen LogP contribution in [0.2, 0.25) is 0 Å². The van der Waals surface area contributed by atoms with Crippen molar-refractivity contribution in [3.63, 3.8) is 0 Å². The second kappa shape index (κ2) is 8.28. The van der Waals surface area contributed by atoms with Crippen molar-refractivity contribution in [3.8, 4) is 0 Å². The van der Waals surface area contributed by atoms with Crippen molar-refractivity contribution in [2.45, 2.75) is 124 Å². The Kier molecular flexibility index (Phi) is 6.27. The van der Waals surface area contributed by atoms with Gasteiger partial charge in [0.2, 0.25) is 0 Å². The lowest BCUT2D eigenvalue weighted by atomic mass is 9.46. The number of allylic oxidation sites excluding steroid dienone is 2. The Morgan fingerprint density at radius 3 is 2.52 bits per heavy atom. The molecule has 4 rings (SSSR count). The van der Waals surface area contributed by atoms with Gasteiger partial charge in [-0.2, -0.15) is 0 Å². The Hall–Kier alpha value is -0.670. The van der Waals surface area contributed by atoms with Crippen molar-refractivity contribution in [1.82, 2.24) is 0 Å². The first-order valence-corrected chi connectivity index (χ1v) is 13.0. The maximum absolute atomic E-state index is 12.4. The molecule has 0 radical (unpaired) electrons. The van der Waals surface area contributed by atoms with Crippen LogP contribution >= 0.6 is 0 Å². The highest BCUT2D eigenvalue weighted by atomic mass is 16.5. The SMILES string of the molecule is CC(C)=CCCC(C)(O)C1CCC(C2CCC3C2(C)CCC2C(C)C(=O)CCC23C)O1. The molecule has 3 aliphatic carbocycles. The first kappa shape index (κ1) is 23.5. The molecule has 176 valence electrons. The number of aliphatic hydroxyl groups is 1. The van der Waals surface area contributed by atoms with Gasteiger partial charge in [0.05, 0.1) is 17.8 Å². The smallest absolute Gasteiger partial charge is 0.136 e. The number of rotatable bonds is 5. The molecule has 3 saturated carbocycles. The third-order valence-electron chi connectivity index (χ3n) is 10.5. The van der Waals surface area contributed by atoms with Gasteiger partial charge in [0, 0.05) is 12.3 Å². The summed E-state index contributed by atoms with van der Waals surface area (Å²) < 4.78 is 6.66. The highest BCUT2D eigenvalue weighted by molar-refractivity contribution is 5.82. The van der Waals surface area contributed by atoms with E-state index in [2.05, 4.69) is 40.7 Å². The van der Waals surface area contributed by atoms with Gasteiger partial charge in [-0.1, -0.05) is 32.4 Å². The lowest BCUT2D eigenvalue weighted by molar-refractivity contribution is -0.152. The number of fused-ring (bicyclic) bond motifs is 3. The van der Waals surface area contributed by atoms with Crippen molar-refractivity contribution in [2.24, 2.45) is 34.5 Å². The molecule has 1 heterocycles. The predicted molar refractivity (Wildman–Crippen MR) is 126 cm³/mol. The summed E-state index contributed by atoms with van der Waals surface area (Å²) in [4.78, 5) is 12.4. The minimum Gasteiger partial charge on any atom is -0.387 e. The van der Waals surface area contributed by atoms with E-state index in [0.717, 1.165) is 38.5 Å². The van der Waals surface area contributed by atoms with E-state index in [1.165, 1.54) is 31.3 Å². The van der Waals surface area contributed by atoms with E-state index in [9.17, 15) is 9.90 Å². The summed E-state index contributed by atoms with van der Waals surface area (Å²) in [6.45, 7) is 13.5. The lowest BCUT2D eigenvalue weighted by Gasteiger charge is -2.59. The normalized spacial score (nSPS) is 46.9. The standard InChI is InChI=1S/C28H46O3/c1-18(2)8-7-15-28(6,30)25-12-10-23(31-25)21-9-11-24-26(4)17-14-22(29)19(3)20(26)13-16-27(21,24)5/h8,19-21,23-25,30H,7,9-17H2,1-6H3. The molecule has 0 spiro atoms. The van der Waals surface area contributed by atoms with Gasteiger partial charge in [-0.15, -0.1) is 0 Å². The number of carbonyl (C=O) groups excluding carboxylic acids is 1. The molecule has 0 aromatic heterocycles. The Balaban J connectivity index is 1.45. The zero-order valence-corrected chi connectivity index (χ0v) is 20.9. The van der Waals surface area contributed by atoms with Crippen molar-refractivity contribution in [1.29, 1.82) is 0 Å². The average Bonchev–Trinajstić information content (AvgIpc) is 3.30. The second-order valence-corrected chi connectivity index (χ2v) is 12.6. The third kappa shape index (κ3) is 3.97. The molecule has 9 unspecified atom stereocenters. The van der Waals surface area contributed by atoms with Gasteiger partial charge in [0.25, 0.3) is 0 Å². The molecule has 0 bridgehead atoms. The molecule has 31 heavy (non-hydrogen) atoms. The summed E-state index contributed by atoms with van der Waals surface area (Å²) in [7, 11) is 0. The first-order valence-electron chi connectivity index (χ1n) is 13.0. The van der Waals surface area contributed by atoms with Gasteiger partial charge < -0.3 is 9.84 Å². The molecule has 9 atom stereocenters. The summed E-state index contributed by atoms with van der Waals surface area (Å²) in [6, 6.07) is 0. The number of Topliss-reactive ketones (excluding diaryl/α,β-unsaturated/α-hetero) is 1. The number of hydrogen-bond donors (Lipinski definition) is 1. The summed E-state index contributed by atoms with van der Waals surface area (Å²) in [5.41, 5.74) is 1.19. The highest BCUT2D eigenvalue weighted by Gasteiger charge is 2.63. The summed E-state index contributed by atoms with van der Waals surface area (Å²) >= 11 is 0. The van der Waals surface area contributed by atoms with Gasteiger partial charge in [-0.05, 0) is 107 Å². The molecule has 1 aliphatic heterocycles. The van der Waals surface area contributed by atoms with Crippen LogP contribution in [0.1, 0.15) is 106 Å². The maximum Gasteiger partial charge on any atom is 0.136 e. The minimum absolute atomic E-state index is 0.0371. The maximum atomic E-state index is 12.4. The minimum atomic E-state index is -0.748. The number of carbonyl (C=O) groups is 1. The fourth-order valence-electron chi connectivity index (χ4n) is 8.63. The molecule has 1 N–H and O–H groups in total. The van der Waals surface area contributed by atoms with Crippen LogP contribution < -0.4 is 0 Å². The molecule has 4 fully saturated rings. The fourth-order valence-corrected chi connectivity index (χ4v) is 8.63. The molecule has 0 amide bonds. The van der Waals surface area contributed by atoms with Gasteiger partial charge in [-0.25, -0.2) is 0 Å². The molecule has 3 nitrogen and oxygen atoms in total. The molecule has 0 aromatic carbocycles. The Bertz CT molecular complexity index is 720. The van der Waals surface area contributed by atoms with Crippen LogP contribution in [0.4, 0.5) is 0 Å². The van der Waals surface area contributed by atoms with Crippen molar-refractivity contribution in [2.75, 3.05) is 0 Å². The number of ether oxygens (including phenoxy) is 1. The van der Waals surface area contributed by atoms with Crippen LogP contribution in [0, 0.1) is 34.5 Å². The molecular formula is C28H46O3. The van der Waals surface area contributed by atoms with E-state index in [-0.39, 0.29) is 18.1 Å². The number of ketones is 1. The monoisotopic (exact) mass is 430 g/mol. The zero-order chi connectivity index (χ0) is 22.6. The topological polar surface area (TPSA) is 46.5 Å². The van der Waals surface area contributed by atoms with Gasteiger partial charge in [-0.3, -0.25) is 4.79 Å². The molecule has 0 aromatic rings.